The maximum atomic E-state index is 11.4. The molecule has 5 nitrogen and oxygen atoms in total. The maximum absolute atomic E-state index is 11.4. The molecule has 1 fully saturated rings. The lowest BCUT2D eigenvalue weighted by molar-refractivity contribution is 0.0600. The standard InChI is InChI=1S/C16H19N3O2/c1-21-16(20)13-4-2-12(3-5-13)11-19-9-8-17-15(19)10-18-14-6-7-14/h2-5,8-9,14,18H,6-7,10-11H2,1H3. The van der Waals surface area contributed by atoms with Gasteiger partial charge in [0.1, 0.15) is 5.82 Å². The average molecular weight is 285 g/mol. The Morgan fingerprint density at radius 2 is 2.14 bits per heavy atom. The molecule has 1 aliphatic carbocycles. The second kappa shape index (κ2) is 6.10. The molecule has 0 radical (unpaired) electrons. The van der Waals surface area contributed by atoms with E-state index in [2.05, 4.69) is 14.9 Å². The zero-order valence-electron chi connectivity index (χ0n) is 12.1. The Morgan fingerprint density at radius 1 is 1.38 bits per heavy atom. The molecular weight excluding hydrogens is 266 g/mol. The number of rotatable bonds is 6. The van der Waals surface area contributed by atoms with Gasteiger partial charge in [-0.3, -0.25) is 0 Å². The van der Waals surface area contributed by atoms with Crippen LogP contribution in [0.2, 0.25) is 0 Å². The van der Waals surface area contributed by atoms with Crippen molar-refractivity contribution in [2.75, 3.05) is 7.11 Å². The minimum Gasteiger partial charge on any atom is -0.465 e. The molecule has 1 aromatic heterocycles. The van der Waals surface area contributed by atoms with E-state index >= 15 is 0 Å². The molecule has 2 aromatic rings. The van der Waals surface area contributed by atoms with Crippen molar-refractivity contribution in [3.05, 3.63) is 53.6 Å². The van der Waals surface area contributed by atoms with Crippen molar-refractivity contribution in [3.8, 4) is 0 Å². The first kappa shape index (κ1) is 13.8. The van der Waals surface area contributed by atoms with Crippen LogP contribution in [0, 0.1) is 0 Å². The topological polar surface area (TPSA) is 56.2 Å². The van der Waals surface area contributed by atoms with Crippen LogP contribution in [0.15, 0.2) is 36.7 Å². The van der Waals surface area contributed by atoms with Gasteiger partial charge in [0.2, 0.25) is 0 Å². The van der Waals surface area contributed by atoms with Crippen molar-refractivity contribution >= 4 is 5.97 Å². The summed E-state index contributed by atoms with van der Waals surface area (Å²) in [6.07, 6.45) is 6.36. The number of methoxy groups -OCH3 is 1. The average Bonchev–Trinajstić information content (AvgIpc) is 3.25. The zero-order chi connectivity index (χ0) is 14.7. The number of esters is 1. The minimum absolute atomic E-state index is 0.307. The Bertz CT molecular complexity index is 615. The predicted octanol–water partition coefficient (Wildman–Crippen LogP) is 1.97. The molecule has 5 heteroatoms. The molecule has 110 valence electrons. The monoisotopic (exact) mass is 285 g/mol. The second-order valence-corrected chi connectivity index (χ2v) is 5.32. The Hall–Kier alpha value is -2.14. The molecule has 0 amide bonds. The Balaban J connectivity index is 1.65. The highest BCUT2D eigenvalue weighted by Crippen LogP contribution is 2.19. The highest BCUT2D eigenvalue weighted by molar-refractivity contribution is 5.89. The summed E-state index contributed by atoms with van der Waals surface area (Å²) >= 11 is 0. The predicted molar refractivity (Wildman–Crippen MR) is 79.0 cm³/mol. The Labute approximate surface area is 124 Å². The number of ether oxygens (including phenoxy) is 1. The van der Waals surface area contributed by atoms with Crippen molar-refractivity contribution < 1.29 is 9.53 Å². The van der Waals surface area contributed by atoms with Crippen LogP contribution in [-0.4, -0.2) is 28.7 Å². The van der Waals surface area contributed by atoms with Gasteiger partial charge in [-0.1, -0.05) is 12.1 Å². The van der Waals surface area contributed by atoms with Gasteiger partial charge >= 0.3 is 5.97 Å². The highest BCUT2D eigenvalue weighted by atomic mass is 16.5. The van der Waals surface area contributed by atoms with Gasteiger partial charge in [-0.15, -0.1) is 0 Å². The van der Waals surface area contributed by atoms with E-state index in [4.69, 9.17) is 4.74 Å². The van der Waals surface area contributed by atoms with Gasteiger partial charge in [-0.25, -0.2) is 9.78 Å². The summed E-state index contributed by atoms with van der Waals surface area (Å²) in [7, 11) is 1.39. The summed E-state index contributed by atoms with van der Waals surface area (Å²) in [4.78, 5) is 15.8. The molecule has 0 saturated heterocycles. The maximum Gasteiger partial charge on any atom is 0.337 e. The quantitative estimate of drug-likeness (QED) is 0.824. The molecule has 1 saturated carbocycles. The number of hydrogen-bond acceptors (Lipinski definition) is 4. The van der Waals surface area contributed by atoms with Crippen LogP contribution in [-0.2, 0) is 17.8 Å². The third kappa shape index (κ3) is 3.49. The molecule has 21 heavy (non-hydrogen) atoms. The molecule has 0 spiro atoms. The van der Waals surface area contributed by atoms with Gasteiger partial charge < -0.3 is 14.6 Å². The van der Waals surface area contributed by atoms with E-state index in [0.29, 0.717) is 11.6 Å². The van der Waals surface area contributed by atoms with Gasteiger partial charge in [0.25, 0.3) is 0 Å². The lowest BCUT2D eigenvalue weighted by atomic mass is 10.1. The van der Waals surface area contributed by atoms with Crippen molar-refractivity contribution in [3.63, 3.8) is 0 Å². The van der Waals surface area contributed by atoms with E-state index in [9.17, 15) is 4.79 Å². The number of carbonyl (C=O) groups excluding carboxylic acids is 1. The van der Waals surface area contributed by atoms with Gasteiger partial charge in [-0.05, 0) is 30.5 Å². The normalized spacial score (nSPS) is 14.1. The summed E-state index contributed by atoms with van der Waals surface area (Å²) in [6, 6.07) is 8.16. The van der Waals surface area contributed by atoms with Crippen LogP contribution in [0.3, 0.4) is 0 Å². The Morgan fingerprint density at radius 3 is 2.81 bits per heavy atom. The highest BCUT2D eigenvalue weighted by Gasteiger charge is 2.20. The number of carbonyl (C=O) groups is 1. The molecular formula is C16H19N3O2. The summed E-state index contributed by atoms with van der Waals surface area (Å²) in [5, 5.41) is 3.47. The van der Waals surface area contributed by atoms with Crippen LogP contribution in [0.25, 0.3) is 0 Å². The van der Waals surface area contributed by atoms with Gasteiger partial charge in [0.15, 0.2) is 0 Å². The molecule has 1 N–H and O–H groups in total. The van der Waals surface area contributed by atoms with E-state index in [-0.39, 0.29) is 5.97 Å². The molecule has 1 heterocycles. The van der Waals surface area contributed by atoms with Crippen LogP contribution in [0.5, 0.6) is 0 Å². The second-order valence-electron chi connectivity index (χ2n) is 5.32. The van der Waals surface area contributed by atoms with E-state index in [1.165, 1.54) is 20.0 Å². The summed E-state index contributed by atoms with van der Waals surface area (Å²) in [5.41, 5.74) is 1.70. The van der Waals surface area contributed by atoms with Crippen LogP contribution < -0.4 is 5.32 Å². The van der Waals surface area contributed by atoms with E-state index in [0.717, 1.165) is 24.5 Å². The molecule has 0 bridgehead atoms. The largest absolute Gasteiger partial charge is 0.465 e. The van der Waals surface area contributed by atoms with Crippen LogP contribution in [0.4, 0.5) is 0 Å². The fourth-order valence-corrected chi connectivity index (χ4v) is 2.24. The summed E-state index contributed by atoms with van der Waals surface area (Å²) in [5.74, 6) is 0.734. The lowest BCUT2D eigenvalue weighted by Gasteiger charge is -2.09. The van der Waals surface area contributed by atoms with Crippen molar-refractivity contribution in [2.24, 2.45) is 0 Å². The van der Waals surface area contributed by atoms with Crippen molar-refractivity contribution in [1.82, 2.24) is 14.9 Å². The van der Waals surface area contributed by atoms with Crippen LogP contribution >= 0.6 is 0 Å². The fraction of sp³-hybridized carbons (Fsp3) is 0.375. The molecule has 0 aliphatic heterocycles. The van der Waals surface area contributed by atoms with Crippen molar-refractivity contribution in [1.29, 1.82) is 0 Å². The smallest absolute Gasteiger partial charge is 0.337 e. The number of nitrogens with zero attached hydrogens (tertiary/aromatic N) is 2. The number of benzene rings is 1. The SMILES string of the molecule is COC(=O)c1ccc(Cn2ccnc2CNC2CC2)cc1. The first-order chi connectivity index (χ1) is 10.3. The minimum atomic E-state index is -0.307. The molecule has 0 unspecified atom stereocenters. The van der Waals surface area contributed by atoms with Gasteiger partial charge in [0.05, 0.1) is 19.2 Å². The lowest BCUT2D eigenvalue weighted by Crippen LogP contribution is -2.19. The van der Waals surface area contributed by atoms with E-state index in [1.54, 1.807) is 12.1 Å². The number of imidazole rings is 1. The summed E-state index contributed by atoms with van der Waals surface area (Å²) < 4.78 is 6.83. The fourth-order valence-electron chi connectivity index (χ4n) is 2.24. The molecule has 1 aromatic carbocycles. The zero-order valence-corrected chi connectivity index (χ0v) is 12.1. The Kier molecular flexibility index (Phi) is 4.01. The number of aromatic nitrogens is 2. The third-order valence-electron chi connectivity index (χ3n) is 3.66. The number of hydrogen-bond donors (Lipinski definition) is 1. The molecule has 0 atom stereocenters. The first-order valence-electron chi connectivity index (χ1n) is 7.17. The molecule has 1 aliphatic rings. The van der Waals surface area contributed by atoms with Crippen molar-refractivity contribution in [2.45, 2.75) is 32.0 Å². The molecule has 3 rings (SSSR count). The van der Waals surface area contributed by atoms with E-state index < -0.39 is 0 Å². The first-order valence-corrected chi connectivity index (χ1v) is 7.17. The van der Waals surface area contributed by atoms with Gasteiger partial charge in [0, 0.05) is 25.0 Å². The summed E-state index contributed by atoms with van der Waals surface area (Å²) in [6.45, 7) is 1.56. The third-order valence-corrected chi connectivity index (χ3v) is 3.66. The van der Waals surface area contributed by atoms with E-state index in [1.807, 2.05) is 24.5 Å². The van der Waals surface area contributed by atoms with Crippen LogP contribution in [0.1, 0.15) is 34.6 Å². The van der Waals surface area contributed by atoms with Gasteiger partial charge in [-0.2, -0.15) is 0 Å². The number of nitrogens with one attached hydrogen (secondary N) is 1.